The highest BCUT2D eigenvalue weighted by Crippen LogP contribution is 2.12. The van der Waals surface area contributed by atoms with Crippen LogP contribution in [0.25, 0.3) is 0 Å². The summed E-state index contributed by atoms with van der Waals surface area (Å²) >= 11 is 1.70. The van der Waals surface area contributed by atoms with E-state index in [-0.39, 0.29) is 0 Å². The molecule has 6 heteroatoms. The predicted molar refractivity (Wildman–Crippen MR) is 104 cm³/mol. The van der Waals surface area contributed by atoms with E-state index in [1.54, 1.807) is 11.3 Å². The predicted octanol–water partition coefficient (Wildman–Crippen LogP) is 3.03. The fourth-order valence-electron chi connectivity index (χ4n) is 2.30. The molecular formula is C18H27N5S. The minimum Gasteiger partial charge on any atom is -0.375 e. The number of nitrogens with zero attached hydrogens (tertiary/aromatic N) is 3. The number of anilines is 1. The number of hydrogen-bond donors (Lipinski definition) is 2. The Kier molecular flexibility index (Phi) is 7.55. The van der Waals surface area contributed by atoms with Crippen LogP contribution in [0.15, 0.2) is 41.5 Å². The lowest BCUT2D eigenvalue weighted by Gasteiger charge is -2.19. The normalized spacial score (nSPS) is 11.4. The maximum absolute atomic E-state index is 4.60. The summed E-state index contributed by atoms with van der Waals surface area (Å²) in [6, 6.07) is 10.5. The number of guanidine groups is 1. The molecule has 1 aromatic carbocycles. The molecule has 2 aromatic rings. The molecule has 2 N–H and O–H groups in total. The van der Waals surface area contributed by atoms with Gasteiger partial charge in [-0.05, 0) is 32.4 Å². The first kappa shape index (κ1) is 18.3. The number of rotatable bonds is 8. The third-order valence-electron chi connectivity index (χ3n) is 3.55. The summed E-state index contributed by atoms with van der Waals surface area (Å²) in [4.78, 5) is 12.4. The first-order valence-electron chi connectivity index (χ1n) is 8.38. The number of thiazole rings is 1. The Morgan fingerprint density at radius 3 is 2.71 bits per heavy atom. The Labute approximate surface area is 148 Å². The molecule has 0 fully saturated rings. The minimum absolute atomic E-state index is 0.623. The van der Waals surface area contributed by atoms with E-state index in [1.807, 2.05) is 12.3 Å². The summed E-state index contributed by atoms with van der Waals surface area (Å²) in [5, 5.41) is 7.72. The van der Waals surface area contributed by atoms with Gasteiger partial charge in [-0.3, -0.25) is 0 Å². The fraction of sp³-hybridized carbons (Fsp3) is 0.444. The SMILES string of the molecule is CCNC(=NCc1ncc(C)s1)NCCCN(C)c1ccccc1. The highest BCUT2D eigenvalue weighted by Gasteiger charge is 2.02. The van der Waals surface area contributed by atoms with Crippen LogP contribution in [0, 0.1) is 6.92 Å². The van der Waals surface area contributed by atoms with Crippen LogP contribution in [0.1, 0.15) is 23.2 Å². The minimum atomic E-state index is 0.623. The largest absolute Gasteiger partial charge is 0.375 e. The van der Waals surface area contributed by atoms with Crippen LogP contribution in [0.2, 0.25) is 0 Å². The molecule has 0 radical (unpaired) electrons. The number of para-hydroxylation sites is 1. The van der Waals surface area contributed by atoms with E-state index in [4.69, 9.17) is 0 Å². The van der Waals surface area contributed by atoms with Crippen molar-refractivity contribution in [2.24, 2.45) is 4.99 Å². The molecule has 1 heterocycles. The van der Waals surface area contributed by atoms with Gasteiger partial charge >= 0.3 is 0 Å². The monoisotopic (exact) mass is 345 g/mol. The van der Waals surface area contributed by atoms with Gasteiger partial charge in [-0.1, -0.05) is 18.2 Å². The van der Waals surface area contributed by atoms with Crippen molar-refractivity contribution in [3.8, 4) is 0 Å². The summed E-state index contributed by atoms with van der Waals surface area (Å²) in [5.41, 5.74) is 1.25. The van der Waals surface area contributed by atoms with Gasteiger partial charge in [0.1, 0.15) is 5.01 Å². The van der Waals surface area contributed by atoms with Crippen molar-refractivity contribution in [3.05, 3.63) is 46.4 Å². The van der Waals surface area contributed by atoms with Crippen molar-refractivity contribution >= 4 is 23.0 Å². The number of aryl methyl sites for hydroxylation is 1. The molecule has 0 spiro atoms. The van der Waals surface area contributed by atoms with Crippen molar-refractivity contribution in [3.63, 3.8) is 0 Å². The van der Waals surface area contributed by atoms with Crippen LogP contribution >= 0.6 is 11.3 Å². The van der Waals surface area contributed by atoms with Gasteiger partial charge in [0.05, 0.1) is 6.54 Å². The summed E-state index contributed by atoms with van der Waals surface area (Å²) in [5.74, 6) is 0.854. The van der Waals surface area contributed by atoms with E-state index < -0.39 is 0 Å². The summed E-state index contributed by atoms with van der Waals surface area (Å²) in [6.45, 7) is 7.51. The average Bonchev–Trinajstić information content (AvgIpc) is 3.02. The van der Waals surface area contributed by atoms with Gasteiger partial charge in [0.2, 0.25) is 0 Å². The summed E-state index contributed by atoms with van der Waals surface area (Å²) in [6.07, 6.45) is 2.95. The number of nitrogens with one attached hydrogen (secondary N) is 2. The van der Waals surface area contributed by atoms with Gasteiger partial charge in [-0.15, -0.1) is 11.3 Å². The van der Waals surface area contributed by atoms with E-state index in [9.17, 15) is 0 Å². The lowest BCUT2D eigenvalue weighted by molar-refractivity contribution is 0.730. The highest BCUT2D eigenvalue weighted by atomic mass is 32.1. The Bertz CT molecular complexity index is 623. The van der Waals surface area contributed by atoms with Gasteiger partial charge in [0.15, 0.2) is 5.96 Å². The molecule has 130 valence electrons. The van der Waals surface area contributed by atoms with Crippen LogP contribution < -0.4 is 15.5 Å². The van der Waals surface area contributed by atoms with Gasteiger partial charge in [-0.25, -0.2) is 9.98 Å². The third kappa shape index (κ3) is 6.20. The topological polar surface area (TPSA) is 52.6 Å². The first-order valence-corrected chi connectivity index (χ1v) is 9.20. The highest BCUT2D eigenvalue weighted by molar-refractivity contribution is 7.11. The molecule has 0 aliphatic carbocycles. The molecule has 0 saturated heterocycles. The van der Waals surface area contributed by atoms with Crippen LogP contribution in [-0.2, 0) is 6.54 Å². The second-order valence-electron chi connectivity index (χ2n) is 5.60. The summed E-state index contributed by atoms with van der Waals surface area (Å²) in [7, 11) is 2.12. The number of benzene rings is 1. The summed E-state index contributed by atoms with van der Waals surface area (Å²) < 4.78 is 0. The molecule has 0 aliphatic heterocycles. The Morgan fingerprint density at radius 2 is 2.04 bits per heavy atom. The molecule has 0 saturated carbocycles. The number of hydrogen-bond acceptors (Lipinski definition) is 4. The Balaban J connectivity index is 1.74. The second-order valence-corrected chi connectivity index (χ2v) is 6.92. The van der Waals surface area contributed by atoms with E-state index in [2.05, 4.69) is 70.7 Å². The molecule has 2 rings (SSSR count). The lowest BCUT2D eigenvalue weighted by Crippen LogP contribution is -2.38. The van der Waals surface area contributed by atoms with Gasteiger partial charge in [0.25, 0.3) is 0 Å². The lowest BCUT2D eigenvalue weighted by atomic mass is 10.3. The molecule has 0 atom stereocenters. The van der Waals surface area contributed by atoms with E-state index in [1.165, 1.54) is 10.6 Å². The van der Waals surface area contributed by atoms with Crippen LogP contribution in [0.3, 0.4) is 0 Å². The quantitative estimate of drug-likeness (QED) is 0.439. The molecule has 0 bridgehead atoms. The van der Waals surface area contributed by atoms with Crippen molar-refractivity contribution in [2.45, 2.75) is 26.8 Å². The zero-order valence-corrected chi connectivity index (χ0v) is 15.6. The maximum atomic E-state index is 4.60. The zero-order valence-electron chi connectivity index (χ0n) is 14.7. The number of aromatic nitrogens is 1. The van der Waals surface area contributed by atoms with Crippen LogP contribution in [-0.4, -0.2) is 37.6 Å². The standard InChI is InChI=1S/C18H27N5S/c1-4-19-18(22-14-17-21-13-15(2)24-17)20-11-8-12-23(3)16-9-6-5-7-10-16/h5-7,9-10,13H,4,8,11-12,14H2,1-3H3,(H2,19,20,22). The van der Waals surface area contributed by atoms with Gasteiger partial charge in [0, 0.05) is 43.4 Å². The van der Waals surface area contributed by atoms with E-state index in [0.717, 1.165) is 37.0 Å². The number of aliphatic imine (C=N–C) groups is 1. The van der Waals surface area contributed by atoms with Crippen molar-refractivity contribution in [1.29, 1.82) is 0 Å². The molecule has 0 aliphatic rings. The van der Waals surface area contributed by atoms with Gasteiger partial charge in [-0.2, -0.15) is 0 Å². The van der Waals surface area contributed by atoms with Gasteiger partial charge < -0.3 is 15.5 Å². The molecule has 1 aromatic heterocycles. The molecular weight excluding hydrogens is 318 g/mol. The van der Waals surface area contributed by atoms with Crippen LogP contribution in [0.4, 0.5) is 5.69 Å². The molecule has 24 heavy (non-hydrogen) atoms. The van der Waals surface area contributed by atoms with Crippen molar-refractivity contribution < 1.29 is 0 Å². The maximum Gasteiger partial charge on any atom is 0.191 e. The zero-order chi connectivity index (χ0) is 17.2. The van der Waals surface area contributed by atoms with E-state index in [0.29, 0.717) is 6.54 Å². The second kappa shape index (κ2) is 9.93. The Morgan fingerprint density at radius 1 is 1.25 bits per heavy atom. The first-order chi connectivity index (χ1) is 11.7. The molecule has 0 unspecified atom stereocenters. The molecule has 5 nitrogen and oxygen atoms in total. The fourth-order valence-corrected chi connectivity index (χ4v) is 3.01. The third-order valence-corrected chi connectivity index (χ3v) is 4.44. The Hall–Kier alpha value is -2.08. The van der Waals surface area contributed by atoms with Crippen molar-refractivity contribution in [1.82, 2.24) is 15.6 Å². The average molecular weight is 346 g/mol. The van der Waals surface area contributed by atoms with Crippen molar-refractivity contribution in [2.75, 3.05) is 31.6 Å². The molecule has 0 amide bonds. The van der Waals surface area contributed by atoms with E-state index >= 15 is 0 Å². The smallest absolute Gasteiger partial charge is 0.191 e. The van der Waals surface area contributed by atoms with Crippen LogP contribution in [0.5, 0.6) is 0 Å².